The number of nitrogens with one attached hydrogen (secondary N) is 1. The van der Waals surface area contributed by atoms with Gasteiger partial charge in [-0.15, -0.1) is 10.2 Å². The smallest absolute Gasteiger partial charge is 0.210 e. The number of benzene rings is 1. The van der Waals surface area contributed by atoms with Gasteiger partial charge in [0, 0.05) is 5.69 Å². The molecule has 0 aliphatic rings. The van der Waals surface area contributed by atoms with E-state index in [-0.39, 0.29) is 0 Å². The number of aryl methyl sites for hydroxylation is 2. The highest BCUT2D eigenvalue weighted by Gasteiger charge is 2.02. The molecular formula is C14H19N3S. The summed E-state index contributed by atoms with van der Waals surface area (Å²) in [7, 11) is 0. The molecule has 1 N–H and O–H groups in total. The topological polar surface area (TPSA) is 37.8 Å². The molecule has 0 saturated carbocycles. The van der Waals surface area contributed by atoms with Crippen molar-refractivity contribution in [2.24, 2.45) is 0 Å². The number of nitrogens with zero attached hydrogens (tertiary/aromatic N) is 2. The predicted octanol–water partition coefficient (Wildman–Crippen LogP) is 4.19. The number of hydrogen-bond acceptors (Lipinski definition) is 4. The van der Waals surface area contributed by atoms with Crippen LogP contribution < -0.4 is 5.32 Å². The summed E-state index contributed by atoms with van der Waals surface area (Å²) in [5, 5.41) is 13.4. The van der Waals surface area contributed by atoms with E-state index in [0.29, 0.717) is 0 Å². The zero-order chi connectivity index (χ0) is 12.8. The molecule has 0 spiro atoms. The van der Waals surface area contributed by atoms with Gasteiger partial charge in [0.05, 0.1) is 0 Å². The van der Waals surface area contributed by atoms with Crippen molar-refractivity contribution in [3.8, 4) is 0 Å². The largest absolute Gasteiger partial charge is 0.330 e. The summed E-state index contributed by atoms with van der Waals surface area (Å²) >= 11 is 1.61. The molecule has 0 bridgehead atoms. The van der Waals surface area contributed by atoms with Gasteiger partial charge >= 0.3 is 0 Å². The third-order valence-electron chi connectivity index (χ3n) is 2.79. The fraction of sp³-hybridized carbons (Fsp3) is 0.429. The van der Waals surface area contributed by atoms with Gasteiger partial charge in [0.1, 0.15) is 5.01 Å². The van der Waals surface area contributed by atoms with Crippen molar-refractivity contribution in [3.63, 3.8) is 0 Å². The molecule has 0 amide bonds. The van der Waals surface area contributed by atoms with Crippen LogP contribution in [0.25, 0.3) is 0 Å². The van der Waals surface area contributed by atoms with E-state index in [2.05, 4.69) is 53.6 Å². The highest BCUT2D eigenvalue weighted by atomic mass is 32.1. The lowest BCUT2D eigenvalue weighted by atomic mass is 10.1. The minimum atomic E-state index is 0.869. The molecule has 0 atom stereocenters. The quantitative estimate of drug-likeness (QED) is 0.847. The molecule has 18 heavy (non-hydrogen) atoms. The minimum Gasteiger partial charge on any atom is -0.330 e. The van der Waals surface area contributed by atoms with Crippen LogP contribution >= 0.6 is 11.3 Å². The summed E-state index contributed by atoms with van der Waals surface area (Å²) in [6.45, 7) is 4.31. The molecule has 1 aromatic heterocycles. The number of hydrogen-bond donors (Lipinski definition) is 1. The Bertz CT molecular complexity index is 476. The Balaban J connectivity index is 1.97. The highest BCUT2D eigenvalue weighted by molar-refractivity contribution is 7.15. The first-order valence-electron chi connectivity index (χ1n) is 6.50. The van der Waals surface area contributed by atoms with Crippen molar-refractivity contribution in [2.75, 3.05) is 5.32 Å². The van der Waals surface area contributed by atoms with Gasteiger partial charge < -0.3 is 5.32 Å². The molecule has 0 saturated heterocycles. The number of anilines is 2. The Labute approximate surface area is 112 Å². The second-order valence-electron chi connectivity index (χ2n) is 4.28. The van der Waals surface area contributed by atoms with Crippen LogP contribution in [-0.2, 0) is 12.8 Å². The summed E-state index contributed by atoms with van der Waals surface area (Å²) in [6, 6.07) is 8.58. The van der Waals surface area contributed by atoms with E-state index in [1.807, 2.05) is 0 Å². The lowest BCUT2D eigenvalue weighted by Gasteiger charge is -2.04. The standard InChI is InChI=1S/C14H19N3S/c1-3-5-6-11-7-9-12(10-8-11)15-14-17-16-13(4-2)18-14/h7-10H,3-6H2,1-2H3,(H,15,17). The van der Waals surface area contributed by atoms with Crippen LogP contribution in [-0.4, -0.2) is 10.2 Å². The maximum atomic E-state index is 4.11. The van der Waals surface area contributed by atoms with Gasteiger partial charge in [0.15, 0.2) is 0 Å². The molecule has 0 radical (unpaired) electrons. The molecule has 0 unspecified atom stereocenters. The van der Waals surface area contributed by atoms with Crippen molar-refractivity contribution in [3.05, 3.63) is 34.8 Å². The van der Waals surface area contributed by atoms with E-state index in [1.54, 1.807) is 11.3 Å². The molecular weight excluding hydrogens is 242 g/mol. The molecule has 96 valence electrons. The summed E-state index contributed by atoms with van der Waals surface area (Å²) < 4.78 is 0. The van der Waals surface area contributed by atoms with Gasteiger partial charge in [0.25, 0.3) is 0 Å². The van der Waals surface area contributed by atoms with Crippen LogP contribution in [0, 0.1) is 0 Å². The van der Waals surface area contributed by atoms with Crippen LogP contribution in [0.4, 0.5) is 10.8 Å². The number of rotatable bonds is 6. The average molecular weight is 261 g/mol. The van der Waals surface area contributed by atoms with Crippen LogP contribution in [0.5, 0.6) is 0 Å². The zero-order valence-corrected chi connectivity index (χ0v) is 11.8. The molecule has 4 heteroatoms. The Morgan fingerprint density at radius 2 is 1.89 bits per heavy atom. The summed E-state index contributed by atoms with van der Waals surface area (Å²) in [5.41, 5.74) is 2.47. The minimum absolute atomic E-state index is 0.869. The zero-order valence-electron chi connectivity index (χ0n) is 10.9. The van der Waals surface area contributed by atoms with E-state index < -0.39 is 0 Å². The van der Waals surface area contributed by atoms with Gasteiger partial charge in [-0.25, -0.2) is 0 Å². The lowest BCUT2D eigenvalue weighted by Crippen LogP contribution is -1.90. The summed E-state index contributed by atoms with van der Waals surface area (Å²) in [6.07, 6.45) is 4.60. The van der Waals surface area contributed by atoms with E-state index in [9.17, 15) is 0 Å². The predicted molar refractivity (Wildman–Crippen MR) is 77.6 cm³/mol. The molecule has 0 fully saturated rings. The molecule has 0 aliphatic heterocycles. The van der Waals surface area contributed by atoms with Crippen LogP contribution in [0.15, 0.2) is 24.3 Å². The number of unbranched alkanes of at least 4 members (excludes halogenated alkanes) is 1. The molecule has 1 aromatic carbocycles. The Morgan fingerprint density at radius 1 is 1.11 bits per heavy atom. The third-order valence-corrected chi connectivity index (χ3v) is 3.78. The van der Waals surface area contributed by atoms with Gasteiger partial charge in [-0.3, -0.25) is 0 Å². The van der Waals surface area contributed by atoms with Crippen molar-refractivity contribution in [1.82, 2.24) is 10.2 Å². The van der Waals surface area contributed by atoms with Gasteiger partial charge in [-0.05, 0) is 37.0 Å². The second kappa shape index (κ2) is 6.50. The van der Waals surface area contributed by atoms with Gasteiger partial charge in [0.2, 0.25) is 5.13 Å². The van der Waals surface area contributed by atoms with Gasteiger partial charge in [-0.2, -0.15) is 0 Å². The van der Waals surface area contributed by atoms with E-state index in [0.717, 1.165) is 28.7 Å². The Hall–Kier alpha value is -1.42. The first-order valence-corrected chi connectivity index (χ1v) is 7.31. The average Bonchev–Trinajstić information content (AvgIpc) is 2.86. The molecule has 0 aliphatic carbocycles. The Kier molecular flexibility index (Phi) is 4.70. The Morgan fingerprint density at radius 3 is 2.50 bits per heavy atom. The van der Waals surface area contributed by atoms with Crippen LogP contribution in [0.2, 0.25) is 0 Å². The molecule has 2 aromatic rings. The fourth-order valence-electron chi connectivity index (χ4n) is 1.71. The van der Waals surface area contributed by atoms with Crippen molar-refractivity contribution in [1.29, 1.82) is 0 Å². The fourth-order valence-corrected chi connectivity index (χ4v) is 2.41. The van der Waals surface area contributed by atoms with E-state index in [4.69, 9.17) is 0 Å². The SMILES string of the molecule is CCCCc1ccc(Nc2nnc(CC)s2)cc1. The second-order valence-corrected chi connectivity index (χ2v) is 5.34. The monoisotopic (exact) mass is 261 g/mol. The molecule has 1 heterocycles. The van der Waals surface area contributed by atoms with Crippen molar-refractivity contribution in [2.45, 2.75) is 39.5 Å². The van der Waals surface area contributed by atoms with Gasteiger partial charge in [-0.1, -0.05) is 43.7 Å². The van der Waals surface area contributed by atoms with Crippen molar-refractivity contribution < 1.29 is 0 Å². The first kappa shape index (κ1) is 13.0. The van der Waals surface area contributed by atoms with Crippen LogP contribution in [0.1, 0.15) is 37.3 Å². The normalized spacial score (nSPS) is 10.6. The summed E-state index contributed by atoms with van der Waals surface area (Å²) in [5.74, 6) is 0. The summed E-state index contributed by atoms with van der Waals surface area (Å²) in [4.78, 5) is 0. The maximum Gasteiger partial charge on any atom is 0.210 e. The third kappa shape index (κ3) is 3.53. The lowest BCUT2D eigenvalue weighted by molar-refractivity contribution is 0.795. The number of aromatic nitrogens is 2. The molecule has 3 nitrogen and oxygen atoms in total. The first-order chi connectivity index (χ1) is 8.81. The maximum absolute atomic E-state index is 4.11. The van der Waals surface area contributed by atoms with E-state index >= 15 is 0 Å². The highest BCUT2D eigenvalue weighted by Crippen LogP contribution is 2.21. The van der Waals surface area contributed by atoms with Crippen LogP contribution in [0.3, 0.4) is 0 Å². The van der Waals surface area contributed by atoms with E-state index in [1.165, 1.54) is 18.4 Å². The molecule has 2 rings (SSSR count). The van der Waals surface area contributed by atoms with Crippen molar-refractivity contribution >= 4 is 22.2 Å².